The number of carbonyl (C=O) groups excluding carboxylic acids is 1. The zero-order valence-electron chi connectivity index (χ0n) is 16.2. The zero-order chi connectivity index (χ0) is 18.2. The molecule has 1 aromatic carbocycles. The van der Waals surface area contributed by atoms with Crippen LogP contribution in [-0.4, -0.2) is 22.8 Å². The number of hydrogen-bond acceptors (Lipinski definition) is 3. The van der Waals surface area contributed by atoms with Crippen LogP contribution in [-0.2, 0) is 10.2 Å². The van der Waals surface area contributed by atoms with Crippen molar-refractivity contribution < 1.29 is 4.79 Å². The van der Waals surface area contributed by atoms with Gasteiger partial charge in [0.05, 0.1) is 0 Å². The third kappa shape index (κ3) is 3.28. The van der Waals surface area contributed by atoms with Crippen molar-refractivity contribution in [2.24, 2.45) is 5.92 Å². The first-order valence-corrected chi connectivity index (χ1v) is 10.7. The average Bonchev–Trinajstić information content (AvgIpc) is 2.59. The molecule has 1 saturated carbocycles. The van der Waals surface area contributed by atoms with Gasteiger partial charge in [-0.15, -0.1) is 0 Å². The van der Waals surface area contributed by atoms with Crippen LogP contribution in [0.4, 0.5) is 0 Å². The van der Waals surface area contributed by atoms with Crippen molar-refractivity contribution in [3.05, 3.63) is 41.5 Å². The third-order valence-electron chi connectivity index (χ3n) is 6.56. The van der Waals surface area contributed by atoms with Gasteiger partial charge in [0.1, 0.15) is 0 Å². The lowest BCUT2D eigenvalue weighted by atomic mass is 9.65. The fraction of sp³-hybridized carbons (Fsp3) is 0.591. The van der Waals surface area contributed by atoms with E-state index in [1.54, 1.807) is 0 Å². The Morgan fingerprint density at radius 2 is 1.84 bits per heavy atom. The molecule has 0 aromatic heterocycles. The predicted octanol–water partition coefficient (Wildman–Crippen LogP) is 5.18. The van der Waals surface area contributed by atoms with E-state index in [0.717, 1.165) is 12.1 Å². The Morgan fingerprint density at radius 3 is 2.56 bits per heavy atom. The Hall–Kier alpha value is -1.22. The minimum Gasteiger partial charge on any atom is -0.379 e. The summed E-state index contributed by atoms with van der Waals surface area (Å²) in [7, 11) is 0. The van der Waals surface area contributed by atoms with Crippen LogP contribution in [0.15, 0.2) is 30.3 Å². The number of rotatable bonds is 3. The molecule has 3 rings (SSSR count). The lowest BCUT2D eigenvalue weighted by Crippen LogP contribution is -2.56. The quantitative estimate of drug-likeness (QED) is 0.756. The van der Waals surface area contributed by atoms with Gasteiger partial charge in [-0.3, -0.25) is 4.79 Å². The molecule has 1 N–H and O–H groups in total. The van der Waals surface area contributed by atoms with E-state index >= 15 is 0 Å². The lowest BCUT2D eigenvalue weighted by molar-refractivity contribution is -0.118. The summed E-state index contributed by atoms with van der Waals surface area (Å²) in [6.07, 6.45) is 8.68. The third-order valence-corrected chi connectivity index (χ3v) is 7.73. The Morgan fingerprint density at radius 1 is 1.16 bits per heavy atom. The molecule has 0 bridgehead atoms. The van der Waals surface area contributed by atoms with E-state index in [9.17, 15) is 4.79 Å². The Labute approximate surface area is 156 Å². The SMILES string of the molecule is CSC1CCCCC1C(=O)/C=C1/NC(C)(C)C(C)(C)c2ccccc21. The summed E-state index contributed by atoms with van der Waals surface area (Å²) >= 11 is 1.86. The summed E-state index contributed by atoms with van der Waals surface area (Å²) in [6.45, 7) is 9.02. The summed E-state index contributed by atoms with van der Waals surface area (Å²) < 4.78 is 0. The Kier molecular flexibility index (Phi) is 5.07. The van der Waals surface area contributed by atoms with Crippen LogP contribution < -0.4 is 5.32 Å². The van der Waals surface area contributed by atoms with Crippen molar-refractivity contribution in [3.8, 4) is 0 Å². The molecule has 3 heteroatoms. The fourth-order valence-electron chi connectivity index (χ4n) is 4.23. The van der Waals surface area contributed by atoms with Gasteiger partial charge in [-0.2, -0.15) is 11.8 Å². The molecular weight excluding hydrogens is 326 g/mol. The van der Waals surface area contributed by atoms with E-state index in [2.05, 4.69) is 63.5 Å². The van der Waals surface area contributed by atoms with Crippen LogP contribution in [0.2, 0.25) is 0 Å². The smallest absolute Gasteiger partial charge is 0.161 e. The van der Waals surface area contributed by atoms with Crippen LogP contribution in [0, 0.1) is 5.92 Å². The summed E-state index contributed by atoms with van der Waals surface area (Å²) in [5, 5.41) is 4.15. The molecule has 2 nitrogen and oxygen atoms in total. The zero-order valence-corrected chi connectivity index (χ0v) is 17.0. The molecule has 1 heterocycles. The molecule has 1 aromatic rings. The van der Waals surface area contributed by atoms with E-state index in [1.165, 1.54) is 30.4 Å². The maximum absolute atomic E-state index is 13.1. The first kappa shape index (κ1) is 18.6. The molecule has 1 aliphatic carbocycles. The summed E-state index contributed by atoms with van der Waals surface area (Å²) in [5.74, 6) is 0.468. The molecule has 0 saturated heterocycles. The number of benzene rings is 1. The highest BCUT2D eigenvalue weighted by atomic mass is 32.2. The van der Waals surface area contributed by atoms with Gasteiger partial charge in [0.15, 0.2) is 5.78 Å². The van der Waals surface area contributed by atoms with E-state index in [1.807, 2.05) is 17.8 Å². The normalized spacial score (nSPS) is 28.9. The van der Waals surface area contributed by atoms with Crippen molar-refractivity contribution >= 4 is 23.2 Å². The van der Waals surface area contributed by atoms with E-state index in [4.69, 9.17) is 0 Å². The van der Waals surface area contributed by atoms with Crippen LogP contribution in [0.5, 0.6) is 0 Å². The number of thioether (sulfide) groups is 1. The minimum atomic E-state index is -0.112. The highest BCUT2D eigenvalue weighted by molar-refractivity contribution is 7.99. The van der Waals surface area contributed by atoms with Crippen LogP contribution in [0.1, 0.15) is 64.5 Å². The molecule has 2 atom stereocenters. The highest BCUT2D eigenvalue weighted by Gasteiger charge is 2.44. The van der Waals surface area contributed by atoms with Gasteiger partial charge in [0, 0.05) is 39.5 Å². The second-order valence-corrected chi connectivity index (χ2v) is 9.62. The maximum Gasteiger partial charge on any atom is 0.161 e. The molecule has 1 fully saturated rings. The summed E-state index contributed by atoms with van der Waals surface area (Å²) in [4.78, 5) is 13.1. The largest absolute Gasteiger partial charge is 0.379 e. The molecule has 0 spiro atoms. The van der Waals surface area contributed by atoms with Crippen LogP contribution in [0.25, 0.3) is 5.70 Å². The number of fused-ring (bicyclic) bond motifs is 1. The van der Waals surface area contributed by atoms with Crippen molar-refractivity contribution in [3.63, 3.8) is 0 Å². The monoisotopic (exact) mass is 357 g/mol. The van der Waals surface area contributed by atoms with E-state index in [0.29, 0.717) is 11.0 Å². The topological polar surface area (TPSA) is 29.1 Å². The van der Waals surface area contributed by atoms with Gasteiger partial charge in [-0.05, 0) is 38.5 Å². The van der Waals surface area contributed by atoms with Crippen molar-refractivity contribution in [2.45, 2.75) is 69.6 Å². The van der Waals surface area contributed by atoms with Crippen molar-refractivity contribution in [1.82, 2.24) is 5.32 Å². The predicted molar refractivity (Wildman–Crippen MR) is 109 cm³/mol. The van der Waals surface area contributed by atoms with Gasteiger partial charge >= 0.3 is 0 Å². The second-order valence-electron chi connectivity index (χ2n) is 8.55. The summed E-state index contributed by atoms with van der Waals surface area (Å²) in [6, 6.07) is 8.53. The van der Waals surface area contributed by atoms with Gasteiger partial charge < -0.3 is 5.32 Å². The molecule has 2 aliphatic rings. The van der Waals surface area contributed by atoms with Gasteiger partial charge in [-0.25, -0.2) is 0 Å². The maximum atomic E-state index is 13.1. The minimum absolute atomic E-state index is 0.00335. The molecule has 25 heavy (non-hydrogen) atoms. The Balaban J connectivity index is 1.99. The number of carbonyl (C=O) groups is 1. The molecule has 0 radical (unpaired) electrons. The van der Waals surface area contributed by atoms with Crippen molar-refractivity contribution in [2.75, 3.05) is 6.26 Å². The molecule has 0 amide bonds. The number of allylic oxidation sites excluding steroid dienone is 1. The average molecular weight is 358 g/mol. The van der Waals surface area contributed by atoms with E-state index < -0.39 is 0 Å². The molecule has 136 valence electrons. The Bertz CT molecular complexity index is 689. The van der Waals surface area contributed by atoms with Gasteiger partial charge in [0.2, 0.25) is 0 Å². The van der Waals surface area contributed by atoms with Crippen molar-refractivity contribution in [1.29, 1.82) is 0 Å². The van der Waals surface area contributed by atoms with Gasteiger partial charge in [-0.1, -0.05) is 51.0 Å². The summed E-state index contributed by atoms with van der Waals surface area (Å²) in [5.41, 5.74) is 3.38. The standard InChI is InChI=1S/C22H31NOS/c1-21(2)17-12-8-6-10-15(17)18(23-22(21,3)4)14-19(24)16-11-7-9-13-20(16)25-5/h6,8,10,12,14,16,20,23H,7,9,11,13H2,1-5H3/b18-14+. The lowest BCUT2D eigenvalue weighted by Gasteiger charge is -2.49. The van der Waals surface area contributed by atoms with Gasteiger partial charge in [0.25, 0.3) is 0 Å². The first-order valence-electron chi connectivity index (χ1n) is 9.44. The molecule has 1 aliphatic heterocycles. The fourth-order valence-corrected chi connectivity index (χ4v) is 5.23. The second kappa shape index (κ2) is 6.83. The molecular formula is C22H31NOS. The first-order chi connectivity index (χ1) is 11.8. The van der Waals surface area contributed by atoms with Crippen LogP contribution >= 0.6 is 11.8 Å². The number of nitrogens with one attached hydrogen (secondary N) is 1. The molecule has 2 unspecified atom stereocenters. The van der Waals surface area contributed by atoms with Crippen LogP contribution in [0.3, 0.4) is 0 Å². The highest BCUT2D eigenvalue weighted by Crippen LogP contribution is 2.43. The van der Waals surface area contributed by atoms with E-state index in [-0.39, 0.29) is 16.9 Å². The number of hydrogen-bond donors (Lipinski definition) is 1. The number of ketones is 1.